The Bertz CT molecular complexity index is 772. The third kappa shape index (κ3) is 4.74. The van der Waals surface area contributed by atoms with Crippen LogP contribution in [0.3, 0.4) is 0 Å². The van der Waals surface area contributed by atoms with Crippen LogP contribution in [0.1, 0.15) is 11.1 Å². The highest BCUT2D eigenvalue weighted by Gasteiger charge is 2.18. The van der Waals surface area contributed by atoms with Crippen molar-refractivity contribution in [3.63, 3.8) is 0 Å². The molecule has 0 radical (unpaired) electrons. The van der Waals surface area contributed by atoms with Crippen LogP contribution in [0.15, 0.2) is 42.5 Å². The monoisotopic (exact) mass is 340 g/mol. The number of anilines is 1. The van der Waals surface area contributed by atoms with Gasteiger partial charge in [-0.25, -0.2) is 21.9 Å². The summed E-state index contributed by atoms with van der Waals surface area (Å²) < 4.78 is 53.5. The minimum atomic E-state index is -3.85. The van der Waals surface area contributed by atoms with Gasteiger partial charge in [-0.1, -0.05) is 18.2 Å². The number of hydrogen-bond donors (Lipinski definition) is 1. The van der Waals surface area contributed by atoms with E-state index in [1.807, 2.05) is 37.2 Å². The van der Waals surface area contributed by atoms with Crippen LogP contribution in [0.2, 0.25) is 0 Å². The van der Waals surface area contributed by atoms with Gasteiger partial charge >= 0.3 is 0 Å². The van der Waals surface area contributed by atoms with Crippen molar-refractivity contribution in [3.05, 3.63) is 65.2 Å². The fourth-order valence-corrected chi connectivity index (χ4v) is 3.19. The highest BCUT2D eigenvalue weighted by Crippen LogP contribution is 2.16. The largest absolute Gasteiger partial charge is 0.378 e. The maximum Gasteiger partial charge on any atom is 0.216 e. The average Bonchev–Trinajstić information content (AvgIpc) is 2.50. The van der Waals surface area contributed by atoms with Crippen LogP contribution < -0.4 is 9.62 Å². The number of sulfonamides is 1. The maximum atomic E-state index is 13.5. The van der Waals surface area contributed by atoms with Gasteiger partial charge in [-0.2, -0.15) is 0 Å². The van der Waals surface area contributed by atoms with E-state index in [1.165, 1.54) is 6.07 Å². The van der Waals surface area contributed by atoms with Gasteiger partial charge in [0.1, 0.15) is 11.6 Å². The predicted octanol–water partition coefficient (Wildman–Crippen LogP) is 2.65. The van der Waals surface area contributed by atoms with E-state index in [2.05, 4.69) is 4.72 Å². The lowest BCUT2D eigenvalue weighted by Crippen LogP contribution is -2.25. The highest BCUT2D eigenvalue weighted by molar-refractivity contribution is 7.88. The van der Waals surface area contributed by atoms with Crippen LogP contribution in [0.25, 0.3) is 0 Å². The Morgan fingerprint density at radius 2 is 1.65 bits per heavy atom. The summed E-state index contributed by atoms with van der Waals surface area (Å²) in [6.45, 7) is 0.0556. The SMILES string of the molecule is CN(C)c1cccc(CNS(=O)(=O)Cc2c(F)cccc2F)c1. The zero-order valence-electron chi connectivity index (χ0n) is 12.9. The molecule has 0 fully saturated rings. The molecule has 0 aliphatic carbocycles. The molecule has 4 nitrogen and oxygen atoms in total. The van der Waals surface area contributed by atoms with E-state index in [0.29, 0.717) is 0 Å². The molecular weight excluding hydrogens is 322 g/mol. The molecule has 0 aromatic heterocycles. The topological polar surface area (TPSA) is 49.4 Å². The standard InChI is InChI=1S/C16H18F2N2O2S/c1-20(2)13-6-3-5-12(9-13)10-19-23(21,22)11-14-15(17)7-4-8-16(14)18/h3-9,19H,10-11H2,1-2H3. The molecule has 0 atom stereocenters. The first-order valence-electron chi connectivity index (χ1n) is 6.95. The van der Waals surface area contributed by atoms with Gasteiger partial charge in [0.05, 0.1) is 5.75 Å². The van der Waals surface area contributed by atoms with E-state index >= 15 is 0 Å². The number of hydrogen-bond acceptors (Lipinski definition) is 3. The first-order valence-corrected chi connectivity index (χ1v) is 8.60. The van der Waals surface area contributed by atoms with E-state index < -0.39 is 33.0 Å². The smallest absolute Gasteiger partial charge is 0.216 e. The van der Waals surface area contributed by atoms with Crippen molar-refractivity contribution < 1.29 is 17.2 Å². The van der Waals surface area contributed by atoms with Gasteiger partial charge in [0.15, 0.2) is 0 Å². The van der Waals surface area contributed by atoms with Crippen LogP contribution in [0.4, 0.5) is 14.5 Å². The van der Waals surface area contributed by atoms with Gasteiger partial charge in [-0.15, -0.1) is 0 Å². The molecule has 0 spiro atoms. The molecule has 124 valence electrons. The van der Waals surface area contributed by atoms with Crippen LogP contribution in [0, 0.1) is 11.6 Å². The van der Waals surface area contributed by atoms with Crippen molar-refractivity contribution in [2.75, 3.05) is 19.0 Å². The van der Waals surface area contributed by atoms with Gasteiger partial charge in [-0.3, -0.25) is 0 Å². The second kappa shape index (κ2) is 7.06. The number of nitrogens with zero attached hydrogens (tertiary/aromatic N) is 1. The minimum absolute atomic E-state index is 0.0556. The zero-order valence-corrected chi connectivity index (χ0v) is 13.7. The summed E-state index contributed by atoms with van der Waals surface area (Å²) in [5.41, 5.74) is 1.23. The van der Waals surface area contributed by atoms with Crippen molar-refractivity contribution in [1.82, 2.24) is 4.72 Å². The lowest BCUT2D eigenvalue weighted by Gasteiger charge is -2.14. The Morgan fingerprint density at radius 1 is 1.04 bits per heavy atom. The van der Waals surface area contributed by atoms with Gasteiger partial charge in [-0.05, 0) is 29.8 Å². The van der Waals surface area contributed by atoms with E-state index in [4.69, 9.17) is 0 Å². The number of halogens is 2. The molecule has 2 rings (SSSR count). The van der Waals surface area contributed by atoms with E-state index in [0.717, 1.165) is 23.4 Å². The normalized spacial score (nSPS) is 11.5. The van der Waals surface area contributed by atoms with Crippen LogP contribution >= 0.6 is 0 Å². The quantitative estimate of drug-likeness (QED) is 0.879. The minimum Gasteiger partial charge on any atom is -0.378 e. The van der Waals surface area contributed by atoms with Crippen molar-refractivity contribution in [1.29, 1.82) is 0 Å². The second-order valence-corrected chi connectivity index (χ2v) is 7.15. The summed E-state index contributed by atoms with van der Waals surface area (Å²) in [4.78, 5) is 1.90. The summed E-state index contributed by atoms with van der Waals surface area (Å²) >= 11 is 0. The van der Waals surface area contributed by atoms with E-state index in [1.54, 1.807) is 6.07 Å². The van der Waals surface area contributed by atoms with Crippen LogP contribution in [-0.4, -0.2) is 22.5 Å². The van der Waals surface area contributed by atoms with E-state index in [9.17, 15) is 17.2 Å². The molecule has 0 unspecified atom stereocenters. The summed E-state index contributed by atoms with van der Waals surface area (Å²) in [6, 6.07) is 10.6. The lowest BCUT2D eigenvalue weighted by atomic mass is 10.2. The van der Waals surface area contributed by atoms with Crippen molar-refractivity contribution in [3.8, 4) is 0 Å². The molecular formula is C16H18F2N2O2S. The fourth-order valence-electron chi connectivity index (χ4n) is 2.05. The molecule has 0 aliphatic heterocycles. The van der Waals surface area contributed by atoms with Gasteiger partial charge < -0.3 is 4.90 Å². The van der Waals surface area contributed by atoms with E-state index in [-0.39, 0.29) is 6.54 Å². The fraction of sp³-hybridized carbons (Fsp3) is 0.250. The third-order valence-electron chi connectivity index (χ3n) is 3.32. The molecule has 0 saturated carbocycles. The molecule has 0 saturated heterocycles. The first kappa shape index (κ1) is 17.4. The summed E-state index contributed by atoms with van der Waals surface area (Å²) in [5, 5.41) is 0. The second-order valence-electron chi connectivity index (χ2n) is 5.34. The molecule has 0 bridgehead atoms. The van der Waals surface area contributed by atoms with Crippen molar-refractivity contribution >= 4 is 15.7 Å². The highest BCUT2D eigenvalue weighted by atomic mass is 32.2. The molecule has 0 aliphatic rings. The number of nitrogens with one attached hydrogen (secondary N) is 1. The molecule has 0 heterocycles. The molecule has 2 aromatic rings. The maximum absolute atomic E-state index is 13.5. The summed E-state index contributed by atoms with van der Waals surface area (Å²) in [7, 11) is -0.0961. The summed E-state index contributed by atoms with van der Waals surface area (Å²) in [6.07, 6.45) is 0. The predicted molar refractivity (Wildman–Crippen MR) is 86.6 cm³/mol. The lowest BCUT2D eigenvalue weighted by molar-refractivity contribution is 0.551. The Hall–Kier alpha value is -1.99. The first-order chi connectivity index (χ1) is 10.8. The molecule has 23 heavy (non-hydrogen) atoms. The Kier molecular flexibility index (Phi) is 5.33. The van der Waals surface area contributed by atoms with Gasteiger partial charge in [0.2, 0.25) is 10.0 Å². The number of benzene rings is 2. The van der Waals surface area contributed by atoms with Crippen LogP contribution in [-0.2, 0) is 22.3 Å². The zero-order chi connectivity index (χ0) is 17.0. The Balaban J connectivity index is 2.09. The summed E-state index contributed by atoms with van der Waals surface area (Å²) in [5.74, 6) is -2.48. The van der Waals surface area contributed by atoms with Crippen molar-refractivity contribution in [2.24, 2.45) is 0 Å². The van der Waals surface area contributed by atoms with Gasteiger partial charge in [0, 0.05) is 31.9 Å². The number of rotatable bonds is 6. The average molecular weight is 340 g/mol. The molecule has 7 heteroatoms. The molecule has 0 amide bonds. The van der Waals surface area contributed by atoms with Gasteiger partial charge in [0.25, 0.3) is 0 Å². The molecule has 1 N–H and O–H groups in total. The van der Waals surface area contributed by atoms with Crippen LogP contribution in [0.5, 0.6) is 0 Å². The molecule has 2 aromatic carbocycles. The van der Waals surface area contributed by atoms with Crippen molar-refractivity contribution in [2.45, 2.75) is 12.3 Å². The third-order valence-corrected chi connectivity index (χ3v) is 4.57. The Morgan fingerprint density at radius 3 is 2.26 bits per heavy atom. The Labute approximate surface area is 134 Å².